The molecule has 14 heteroatoms. The number of alkyl halides is 6. The number of esters is 4. The number of halogens is 6. The molecule has 0 aliphatic heterocycles. The lowest BCUT2D eigenvalue weighted by Gasteiger charge is -2.32. The minimum Gasteiger partial charge on any atom is -0.462 e. The van der Waals surface area contributed by atoms with E-state index in [1.807, 2.05) is 0 Å². The van der Waals surface area contributed by atoms with E-state index in [9.17, 15) is 45.5 Å². The third kappa shape index (κ3) is 10.6. The Labute approximate surface area is 184 Å². The van der Waals surface area contributed by atoms with E-state index in [1.165, 1.54) is 6.92 Å². The molecule has 8 nitrogen and oxygen atoms in total. The minimum absolute atomic E-state index is 0.0875. The first-order valence-corrected chi connectivity index (χ1v) is 9.56. The summed E-state index contributed by atoms with van der Waals surface area (Å²) in [7, 11) is 0. The van der Waals surface area contributed by atoms with Crippen molar-refractivity contribution in [2.45, 2.75) is 38.5 Å². The third-order valence-electron chi connectivity index (χ3n) is 4.45. The van der Waals surface area contributed by atoms with Crippen molar-refractivity contribution in [1.29, 1.82) is 0 Å². The second kappa shape index (κ2) is 11.9. The number of ether oxygens (including phenoxy) is 4. The Morgan fingerprint density at radius 1 is 0.758 bits per heavy atom. The Bertz CT molecular complexity index is 746. The number of carbonyl (C=O) groups excluding carboxylic acids is 4. The van der Waals surface area contributed by atoms with Crippen LogP contribution in [0.5, 0.6) is 0 Å². The molecule has 0 amide bonds. The van der Waals surface area contributed by atoms with Crippen LogP contribution in [0, 0.1) is 17.8 Å². The average Bonchev–Trinajstić information content (AvgIpc) is 2.71. The second-order valence-electron chi connectivity index (χ2n) is 7.25. The van der Waals surface area contributed by atoms with Crippen LogP contribution in [0.15, 0.2) is 12.2 Å². The molecule has 1 aliphatic carbocycles. The fourth-order valence-electron chi connectivity index (χ4n) is 2.96. The predicted molar refractivity (Wildman–Crippen MR) is 95.1 cm³/mol. The van der Waals surface area contributed by atoms with Crippen LogP contribution >= 0.6 is 0 Å². The highest BCUT2D eigenvalue weighted by Crippen LogP contribution is 2.37. The summed E-state index contributed by atoms with van der Waals surface area (Å²) in [4.78, 5) is 47.7. The maximum atomic E-state index is 12.4. The molecule has 3 atom stereocenters. The van der Waals surface area contributed by atoms with Crippen LogP contribution in [0.3, 0.4) is 0 Å². The van der Waals surface area contributed by atoms with Gasteiger partial charge in [0.25, 0.3) is 0 Å². The Hall–Kier alpha value is -2.80. The van der Waals surface area contributed by atoms with Gasteiger partial charge in [-0.3, -0.25) is 14.4 Å². The molecule has 1 fully saturated rings. The van der Waals surface area contributed by atoms with Crippen LogP contribution in [0.2, 0.25) is 0 Å². The van der Waals surface area contributed by atoms with E-state index in [4.69, 9.17) is 9.47 Å². The van der Waals surface area contributed by atoms with Crippen LogP contribution in [0.4, 0.5) is 26.3 Å². The zero-order chi connectivity index (χ0) is 25.4. The van der Waals surface area contributed by atoms with Crippen molar-refractivity contribution in [2.24, 2.45) is 17.8 Å². The third-order valence-corrected chi connectivity index (χ3v) is 4.45. The largest absolute Gasteiger partial charge is 0.462 e. The lowest BCUT2D eigenvalue weighted by atomic mass is 9.74. The maximum absolute atomic E-state index is 12.4. The van der Waals surface area contributed by atoms with Gasteiger partial charge in [-0.05, 0) is 26.2 Å². The van der Waals surface area contributed by atoms with Gasteiger partial charge in [-0.2, -0.15) is 26.3 Å². The van der Waals surface area contributed by atoms with Crippen LogP contribution < -0.4 is 0 Å². The Morgan fingerprint density at radius 3 is 1.76 bits per heavy atom. The van der Waals surface area contributed by atoms with Crippen molar-refractivity contribution in [1.82, 2.24) is 0 Å². The van der Waals surface area contributed by atoms with Gasteiger partial charge in [-0.1, -0.05) is 6.58 Å². The molecule has 1 saturated carbocycles. The van der Waals surface area contributed by atoms with Crippen molar-refractivity contribution >= 4 is 23.9 Å². The van der Waals surface area contributed by atoms with E-state index in [1.54, 1.807) is 0 Å². The van der Waals surface area contributed by atoms with Crippen molar-refractivity contribution in [3.63, 3.8) is 0 Å². The Morgan fingerprint density at radius 2 is 1.24 bits per heavy atom. The summed E-state index contributed by atoms with van der Waals surface area (Å²) in [5.74, 6) is -8.73. The van der Waals surface area contributed by atoms with Gasteiger partial charge >= 0.3 is 36.2 Å². The molecular formula is C19H22F6O8. The fraction of sp³-hybridized carbons (Fsp3) is 0.684. The summed E-state index contributed by atoms with van der Waals surface area (Å²) in [6.45, 7) is 0.0934. The van der Waals surface area contributed by atoms with Crippen molar-refractivity contribution < 1.29 is 64.5 Å². The molecule has 0 spiro atoms. The van der Waals surface area contributed by atoms with E-state index in [0.717, 1.165) is 0 Å². The van der Waals surface area contributed by atoms with E-state index in [2.05, 4.69) is 16.1 Å². The van der Waals surface area contributed by atoms with E-state index < -0.39 is 80.2 Å². The number of carbonyl (C=O) groups is 4. The molecule has 0 saturated heterocycles. The first-order valence-electron chi connectivity index (χ1n) is 9.56. The molecule has 188 valence electrons. The Kier molecular flexibility index (Phi) is 10.2. The topological polar surface area (TPSA) is 105 Å². The lowest BCUT2D eigenvalue weighted by Crippen LogP contribution is -2.41. The maximum Gasteiger partial charge on any atom is 0.422 e. The molecule has 3 unspecified atom stereocenters. The first-order chi connectivity index (χ1) is 15.1. The van der Waals surface area contributed by atoms with Crippen LogP contribution in [-0.4, -0.2) is 62.7 Å². The molecule has 0 radical (unpaired) electrons. The molecule has 1 aliphatic rings. The van der Waals surface area contributed by atoms with E-state index in [-0.39, 0.29) is 25.0 Å². The second-order valence-corrected chi connectivity index (χ2v) is 7.25. The van der Waals surface area contributed by atoms with Gasteiger partial charge in [0.05, 0.1) is 17.8 Å². The molecule has 0 aromatic heterocycles. The minimum atomic E-state index is -4.86. The highest BCUT2D eigenvalue weighted by molar-refractivity contribution is 5.87. The van der Waals surface area contributed by atoms with Gasteiger partial charge in [0.15, 0.2) is 13.2 Å². The van der Waals surface area contributed by atoms with Gasteiger partial charge in [-0.15, -0.1) is 0 Å². The van der Waals surface area contributed by atoms with Gasteiger partial charge in [-0.25, -0.2) is 4.79 Å². The summed E-state index contributed by atoms with van der Waals surface area (Å²) < 4.78 is 91.8. The molecule has 0 aromatic rings. The van der Waals surface area contributed by atoms with Crippen LogP contribution in [-0.2, 0) is 38.1 Å². The standard InChI is InChI=1S/C19H22F6O8/c1-10(2)14(26)30-5-6-31-16(28)12-4-3-11(15(27)32-8-18(20,21)22)7-13(12)17(29)33-9-19(23,24)25/h11-13H,1,3-9H2,2H3. The monoisotopic (exact) mass is 492 g/mol. The number of hydrogen-bond acceptors (Lipinski definition) is 8. The molecule has 0 N–H and O–H groups in total. The summed E-state index contributed by atoms with van der Waals surface area (Å²) in [5, 5.41) is 0. The molecular weight excluding hydrogens is 470 g/mol. The predicted octanol–water partition coefficient (Wildman–Crippen LogP) is 2.89. The van der Waals surface area contributed by atoms with Gasteiger partial charge in [0, 0.05) is 5.57 Å². The summed E-state index contributed by atoms with van der Waals surface area (Å²) >= 11 is 0. The summed E-state index contributed by atoms with van der Waals surface area (Å²) in [6.07, 6.45) is -10.7. The van der Waals surface area contributed by atoms with Gasteiger partial charge < -0.3 is 18.9 Å². The van der Waals surface area contributed by atoms with Crippen LogP contribution in [0.1, 0.15) is 26.2 Å². The average molecular weight is 492 g/mol. The summed E-state index contributed by atoms with van der Waals surface area (Å²) in [6, 6.07) is 0. The zero-order valence-electron chi connectivity index (χ0n) is 17.4. The van der Waals surface area contributed by atoms with Gasteiger partial charge in [0.1, 0.15) is 13.2 Å². The van der Waals surface area contributed by atoms with Gasteiger partial charge in [0.2, 0.25) is 0 Å². The first kappa shape index (κ1) is 28.2. The Balaban J connectivity index is 2.80. The molecule has 0 aromatic carbocycles. The van der Waals surface area contributed by atoms with E-state index >= 15 is 0 Å². The SMILES string of the molecule is C=C(C)C(=O)OCCOC(=O)C1CCC(C(=O)OCC(F)(F)F)CC1C(=O)OCC(F)(F)F. The van der Waals surface area contributed by atoms with Crippen molar-refractivity contribution in [3.05, 3.63) is 12.2 Å². The summed E-state index contributed by atoms with van der Waals surface area (Å²) in [5.41, 5.74) is 0.0875. The molecule has 33 heavy (non-hydrogen) atoms. The number of hydrogen-bond donors (Lipinski definition) is 0. The normalized spacial score (nSPS) is 21.0. The smallest absolute Gasteiger partial charge is 0.422 e. The molecule has 0 bridgehead atoms. The lowest BCUT2D eigenvalue weighted by molar-refractivity contribution is -0.196. The number of rotatable bonds is 9. The van der Waals surface area contributed by atoms with Crippen molar-refractivity contribution in [2.75, 3.05) is 26.4 Å². The highest BCUT2D eigenvalue weighted by atomic mass is 19.4. The highest BCUT2D eigenvalue weighted by Gasteiger charge is 2.45. The zero-order valence-corrected chi connectivity index (χ0v) is 17.4. The van der Waals surface area contributed by atoms with E-state index in [0.29, 0.717) is 0 Å². The quantitative estimate of drug-likeness (QED) is 0.159. The molecule has 1 rings (SSSR count). The molecule has 0 heterocycles. The van der Waals surface area contributed by atoms with Crippen molar-refractivity contribution in [3.8, 4) is 0 Å². The van der Waals surface area contributed by atoms with Crippen LogP contribution in [0.25, 0.3) is 0 Å². The fourth-order valence-corrected chi connectivity index (χ4v) is 2.96.